The molecule has 0 saturated heterocycles. The maximum Gasteiger partial charge on any atom is 0.143 e. The number of hydrogen-bond donors (Lipinski definition) is 0. The summed E-state index contributed by atoms with van der Waals surface area (Å²) in [5, 5.41) is 11.0. The zero-order chi connectivity index (χ0) is 10.7. The first-order valence-electron chi connectivity index (χ1n) is 4.49. The fourth-order valence-corrected chi connectivity index (χ4v) is 2.19. The van der Waals surface area contributed by atoms with Crippen LogP contribution in [0.25, 0.3) is 0 Å². The van der Waals surface area contributed by atoms with Gasteiger partial charge in [-0.3, -0.25) is 0 Å². The Morgan fingerprint density at radius 2 is 2.40 bits per heavy atom. The second kappa shape index (κ2) is 4.28. The number of thioether (sulfide) groups is 1. The van der Waals surface area contributed by atoms with E-state index >= 15 is 0 Å². The summed E-state index contributed by atoms with van der Waals surface area (Å²) in [6, 6.07) is 7.68. The maximum atomic E-state index is 9.04. The van der Waals surface area contributed by atoms with Gasteiger partial charge in [-0.15, -0.1) is 11.8 Å². The Kier molecular flexibility index (Phi) is 2.84. The van der Waals surface area contributed by atoms with E-state index in [1.165, 1.54) is 0 Å². The number of para-hydroxylation sites is 1. The lowest BCUT2D eigenvalue weighted by molar-refractivity contribution is 0.415. The van der Waals surface area contributed by atoms with Crippen molar-refractivity contribution in [1.82, 2.24) is 0 Å². The molecular formula is C11H10N2OS. The minimum absolute atomic E-state index is 0.640. The van der Waals surface area contributed by atoms with Crippen LogP contribution in [0.4, 0.5) is 5.69 Å². The molecule has 4 heteroatoms. The number of ether oxygens (including phenoxy) is 1. The van der Waals surface area contributed by atoms with Gasteiger partial charge in [0.2, 0.25) is 0 Å². The molecule has 0 fully saturated rings. The molecule has 1 aromatic rings. The van der Waals surface area contributed by atoms with Gasteiger partial charge in [-0.25, -0.2) is 0 Å². The van der Waals surface area contributed by atoms with E-state index in [-0.39, 0.29) is 0 Å². The summed E-state index contributed by atoms with van der Waals surface area (Å²) >= 11 is 1.70. The Hall–Kier alpha value is -1.60. The van der Waals surface area contributed by atoms with Crippen LogP contribution in [-0.2, 0) is 0 Å². The highest BCUT2D eigenvalue weighted by Crippen LogP contribution is 2.35. The fraction of sp³-hybridized carbons (Fsp3) is 0.182. The van der Waals surface area contributed by atoms with Crippen LogP contribution in [0.2, 0.25) is 0 Å². The van der Waals surface area contributed by atoms with Crippen molar-refractivity contribution < 1.29 is 4.74 Å². The summed E-state index contributed by atoms with van der Waals surface area (Å²) in [5.74, 6) is 1.57. The topological polar surface area (TPSA) is 36.3 Å². The van der Waals surface area contributed by atoms with Gasteiger partial charge in [-0.05, 0) is 17.5 Å². The van der Waals surface area contributed by atoms with E-state index < -0.39 is 0 Å². The summed E-state index contributed by atoms with van der Waals surface area (Å²) in [4.78, 5) is 2.02. The molecule has 0 radical (unpaired) electrons. The minimum Gasteiger partial charge on any atom is -0.495 e. The third-order valence-corrected chi connectivity index (χ3v) is 2.92. The Bertz CT molecular complexity index is 437. The third kappa shape index (κ3) is 1.79. The number of hydrogen-bond acceptors (Lipinski definition) is 4. The molecule has 0 spiro atoms. The summed E-state index contributed by atoms with van der Waals surface area (Å²) < 4.78 is 5.26. The predicted octanol–water partition coefficient (Wildman–Crippen LogP) is 2.55. The van der Waals surface area contributed by atoms with Crippen molar-refractivity contribution in [3.8, 4) is 11.8 Å². The molecular weight excluding hydrogens is 208 g/mol. The number of anilines is 1. The van der Waals surface area contributed by atoms with Crippen LogP contribution in [0.1, 0.15) is 5.56 Å². The van der Waals surface area contributed by atoms with Crippen LogP contribution in [0.5, 0.6) is 5.75 Å². The van der Waals surface area contributed by atoms with Crippen molar-refractivity contribution >= 4 is 17.4 Å². The number of rotatable bonds is 2. The van der Waals surface area contributed by atoms with Gasteiger partial charge in [-0.2, -0.15) is 5.26 Å². The Morgan fingerprint density at radius 3 is 3.00 bits per heavy atom. The van der Waals surface area contributed by atoms with Gasteiger partial charge in [0, 0.05) is 6.20 Å². The zero-order valence-corrected chi connectivity index (χ0v) is 9.12. The fourth-order valence-electron chi connectivity index (χ4n) is 1.50. The van der Waals surface area contributed by atoms with Crippen LogP contribution < -0.4 is 9.64 Å². The van der Waals surface area contributed by atoms with Crippen molar-refractivity contribution in [3.63, 3.8) is 0 Å². The molecule has 0 atom stereocenters. The van der Waals surface area contributed by atoms with Crippen molar-refractivity contribution in [2.75, 3.05) is 17.9 Å². The first-order valence-corrected chi connectivity index (χ1v) is 5.53. The Labute approximate surface area is 92.9 Å². The van der Waals surface area contributed by atoms with E-state index in [9.17, 15) is 0 Å². The average Bonchev–Trinajstić information content (AvgIpc) is 2.81. The highest BCUT2D eigenvalue weighted by Gasteiger charge is 2.16. The molecule has 3 nitrogen and oxygen atoms in total. The average molecular weight is 218 g/mol. The minimum atomic E-state index is 0.640. The van der Waals surface area contributed by atoms with Gasteiger partial charge in [-0.1, -0.05) is 6.07 Å². The van der Waals surface area contributed by atoms with Gasteiger partial charge in [0.15, 0.2) is 0 Å². The van der Waals surface area contributed by atoms with Crippen LogP contribution in [0.3, 0.4) is 0 Å². The first kappa shape index (κ1) is 9.94. The molecule has 2 rings (SSSR count). The van der Waals surface area contributed by atoms with E-state index in [4.69, 9.17) is 10.00 Å². The van der Waals surface area contributed by atoms with Crippen molar-refractivity contribution in [3.05, 3.63) is 35.4 Å². The summed E-state index contributed by atoms with van der Waals surface area (Å²) in [6.45, 7) is 0. The third-order valence-electron chi connectivity index (χ3n) is 2.18. The van der Waals surface area contributed by atoms with E-state index in [1.54, 1.807) is 24.9 Å². The molecule has 15 heavy (non-hydrogen) atoms. The number of methoxy groups -OCH3 is 1. The molecule has 1 heterocycles. The van der Waals surface area contributed by atoms with Crippen molar-refractivity contribution in [2.45, 2.75) is 0 Å². The van der Waals surface area contributed by atoms with E-state index in [1.807, 2.05) is 28.6 Å². The Morgan fingerprint density at radius 1 is 1.53 bits per heavy atom. The second-order valence-electron chi connectivity index (χ2n) is 3.02. The smallest absolute Gasteiger partial charge is 0.143 e. The lowest BCUT2D eigenvalue weighted by Crippen LogP contribution is -2.13. The van der Waals surface area contributed by atoms with Gasteiger partial charge in [0.05, 0.1) is 18.6 Å². The molecule has 0 aromatic heterocycles. The van der Waals surface area contributed by atoms with Crippen molar-refractivity contribution in [1.29, 1.82) is 5.26 Å². The van der Waals surface area contributed by atoms with Crippen LogP contribution in [0, 0.1) is 11.3 Å². The highest BCUT2D eigenvalue weighted by molar-refractivity contribution is 8.02. The lowest BCUT2D eigenvalue weighted by Gasteiger charge is -2.19. The largest absolute Gasteiger partial charge is 0.495 e. The van der Waals surface area contributed by atoms with Gasteiger partial charge in [0.25, 0.3) is 0 Å². The molecule has 0 aliphatic carbocycles. The number of nitrogens with zero attached hydrogens (tertiary/aromatic N) is 2. The van der Waals surface area contributed by atoms with E-state index in [0.717, 1.165) is 17.3 Å². The Balaban J connectivity index is 2.50. The number of nitriles is 1. The van der Waals surface area contributed by atoms with Gasteiger partial charge in [0.1, 0.15) is 17.5 Å². The van der Waals surface area contributed by atoms with Crippen LogP contribution >= 0.6 is 11.8 Å². The van der Waals surface area contributed by atoms with Gasteiger partial charge >= 0.3 is 0 Å². The SMILES string of the molecule is COc1cccc(C#N)c1N1C=CSC1. The summed E-state index contributed by atoms with van der Waals surface area (Å²) in [5.41, 5.74) is 1.49. The molecule has 0 amide bonds. The summed E-state index contributed by atoms with van der Waals surface area (Å²) in [6.07, 6.45) is 1.96. The molecule has 1 aliphatic heterocycles. The standard InChI is InChI=1S/C11H10N2OS/c1-14-10-4-2-3-9(7-12)11(10)13-5-6-15-8-13/h2-6H,8H2,1H3. The predicted molar refractivity (Wildman–Crippen MR) is 61.8 cm³/mol. The van der Waals surface area contributed by atoms with Crippen molar-refractivity contribution in [2.24, 2.45) is 0 Å². The molecule has 0 saturated carbocycles. The van der Waals surface area contributed by atoms with E-state index in [0.29, 0.717) is 5.56 Å². The monoisotopic (exact) mass is 218 g/mol. The molecule has 0 N–H and O–H groups in total. The maximum absolute atomic E-state index is 9.04. The lowest BCUT2D eigenvalue weighted by atomic mass is 10.1. The normalized spacial score (nSPS) is 14.0. The molecule has 0 bridgehead atoms. The second-order valence-corrected chi connectivity index (χ2v) is 3.88. The molecule has 76 valence electrons. The first-order chi connectivity index (χ1) is 7.36. The summed E-state index contributed by atoms with van der Waals surface area (Å²) in [7, 11) is 1.62. The van der Waals surface area contributed by atoms with Gasteiger partial charge < -0.3 is 9.64 Å². The van der Waals surface area contributed by atoms with Crippen LogP contribution in [0.15, 0.2) is 29.8 Å². The quantitative estimate of drug-likeness (QED) is 0.764. The number of benzene rings is 1. The van der Waals surface area contributed by atoms with E-state index in [2.05, 4.69) is 6.07 Å². The molecule has 1 aromatic carbocycles. The zero-order valence-electron chi connectivity index (χ0n) is 8.30. The highest BCUT2D eigenvalue weighted by atomic mass is 32.2. The molecule has 0 unspecified atom stereocenters. The van der Waals surface area contributed by atoms with Crippen LogP contribution in [-0.4, -0.2) is 13.0 Å². The molecule has 1 aliphatic rings.